The van der Waals surface area contributed by atoms with Gasteiger partial charge in [-0.05, 0) is 51.9 Å². The summed E-state index contributed by atoms with van der Waals surface area (Å²) in [5.74, 6) is 0.340. The molecule has 1 rings (SSSR count). The average molecular weight is 221 g/mol. The lowest BCUT2D eigenvalue weighted by atomic mass is 9.95. The zero-order valence-electron chi connectivity index (χ0n) is 11.0. The number of phenolic OH excluding ortho intramolecular Hbond substituents is 1. The van der Waals surface area contributed by atoms with Crippen molar-refractivity contribution in [2.24, 2.45) is 0 Å². The van der Waals surface area contributed by atoms with E-state index in [9.17, 15) is 5.11 Å². The molecule has 2 heteroatoms. The lowest BCUT2D eigenvalue weighted by molar-refractivity contribution is 0.106. The lowest BCUT2D eigenvalue weighted by Gasteiger charge is -2.39. The third-order valence-electron chi connectivity index (χ3n) is 3.75. The molecule has 0 radical (unpaired) electrons. The molecule has 16 heavy (non-hydrogen) atoms. The molecule has 0 amide bonds. The predicted octanol–water partition coefficient (Wildman–Crippen LogP) is 3.57. The zero-order valence-corrected chi connectivity index (χ0v) is 11.0. The molecule has 1 aromatic carbocycles. The van der Waals surface area contributed by atoms with Crippen molar-refractivity contribution in [2.45, 2.75) is 45.7 Å². The first-order valence-electron chi connectivity index (χ1n) is 5.90. The normalized spacial score (nSPS) is 14.1. The topological polar surface area (TPSA) is 23.5 Å². The van der Waals surface area contributed by atoms with E-state index in [1.807, 2.05) is 12.1 Å². The first-order valence-corrected chi connectivity index (χ1v) is 5.90. The summed E-state index contributed by atoms with van der Waals surface area (Å²) in [5.41, 5.74) is 1.33. The number of hydrogen-bond donors (Lipinski definition) is 1. The number of hydrogen-bond acceptors (Lipinski definition) is 2. The molecule has 1 atom stereocenters. The highest BCUT2D eigenvalue weighted by atomic mass is 16.3. The molecule has 0 spiro atoms. The van der Waals surface area contributed by atoms with Crippen LogP contribution < -0.4 is 0 Å². The highest BCUT2D eigenvalue weighted by Crippen LogP contribution is 2.29. The zero-order chi connectivity index (χ0) is 12.3. The summed E-state index contributed by atoms with van der Waals surface area (Å²) in [5, 5.41) is 9.49. The third-order valence-corrected chi connectivity index (χ3v) is 3.75. The summed E-state index contributed by atoms with van der Waals surface area (Å²) in [6.45, 7) is 8.86. The van der Waals surface area contributed by atoms with E-state index < -0.39 is 0 Å². The molecule has 0 fully saturated rings. The summed E-state index contributed by atoms with van der Waals surface area (Å²) in [4.78, 5) is 2.35. The van der Waals surface area contributed by atoms with E-state index in [2.05, 4.69) is 45.7 Å². The van der Waals surface area contributed by atoms with Crippen molar-refractivity contribution in [3.63, 3.8) is 0 Å². The van der Waals surface area contributed by atoms with Crippen molar-refractivity contribution in [1.29, 1.82) is 0 Å². The Morgan fingerprint density at radius 1 is 1.38 bits per heavy atom. The fourth-order valence-corrected chi connectivity index (χ4v) is 1.78. The molecule has 1 unspecified atom stereocenters. The van der Waals surface area contributed by atoms with Crippen LogP contribution in [0.3, 0.4) is 0 Å². The quantitative estimate of drug-likeness (QED) is 0.840. The largest absolute Gasteiger partial charge is 0.508 e. The van der Waals surface area contributed by atoms with Crippen molar-refractivity contribution in [3.8, 4) is 5.75 Å². The number of phenols is 1. The molecule has 0 aromatic heterocycles. The summed E-state index contributed by atoms with van der Waals surface area (Å²) in [6, 6.07) is 7.82. The Balaban J connectivity index is 2.90. The Kier molecular flexibility index (Phi) is 3.98. The van der Waals surface area contributed by atoms with Crippen LogP contribution in [-0.2, 0) is 0 Å². The van der Waals surface area contributed by atoms with Gasteiger partial charge in [-0.2, -0.15) is 0 Å². The first kappa shape index (κ1) is 13.0. The Hall–Kier alpha value is -1.02. The fourth-order valence-electron chi connectivity index (χ4n) is 1.78. The van der Waals surface area contributed by atoms with Crippen LogP contribution in [0.1, 0.15) is 45.7 Å². The van der Waals surface area contributed by atoms with Crippen LogP contribution in [0, 0.1) is 0 Å². The van der Waals surface area contributed by atoms with Crippen molar-refractivity contribution in [2.75, 3.05) is 7.05 Å². The standard InChI is InChI=1S/C14H23NO/c1-6-14(3,4)15(5)11(2)12-8-7-9-13(16)10-12/h7-11,16H,6H2,1-5H3. The monoisotopic (exact) mass is 221 g/mol. The van der Waals surface area contributed by atoms with Crippen LogP contribution in [0.2, 0.25) is 0 Å². The summed E-state index contributed by atoms with van der Waals surface area (Å²) >= 11 is 0. The van der Waals surface area contributed by atoms with Crippen LogP contribution in [-0.4, -0.2) is 22.6 Å². The summed E-state index contributed by atoms with van der Waals surface area (Å²) < 4.78 is 0. The van der Waals surface area contributed by atoms with Crippen molar-refractivity contribution < 1.29 is 5.11 Å². The third kappa shape index (κ3) is 2.76. The van der Waals surface area contributed by atoms with Gasteiger partial charge in [0.2, 0.25) is 0 Å². The maximum absolute atomic E-state index is 9.49. The highest BCUT2D eigenvalue weighted by molar-refractivity contribution is 5.29. The minimum Gasteiger partial charge on any atom is -0.508 e. The van der Waals surface area contributed by atoms with E-state index in [4.69, 9.17) is 0 Å². The maximum Gasteiger partial charge on any atom is 0.115 e. The first-order chi connectivity index (χ1) is 7.38. The van der Waals surface area contributed by atoms with E-state index in [1.165, 1.54) is 0 Å². The smallest absolute Gasteiger partial charge is 0.115 e. The van der Waals surface area contributed by atoms with Gasteiger partial charge in [-0.3, -0.25) is 4.90 Å². The number of nitrogens with zero attached hydrogens (tertiary/aromatic N) is 1. The van der Waals surface area contributed by atoms with Gasteiger partial charge in [-0.25, -0.2) is 0 Å². The van der Waals surface area contributed by atoms with Crippen LogP contribution in [0.5, 0.6) is 5.75 Å². The lowest BCUT2D eigenvalue weighted by Crippen LogP contribution is -2.41. The number of rotatable bonds is 4. The minimum absolute atomic E-state index is 0.172. The van der Waals surface area contributed by atoms with Gasteiger partial charge in [-0.15, -0.1) is 0 Å². The molecule has 0 aliphatic rings. The molecule has 0 saturated heterocycles. The van der Waals surface area contributed by atoms with Gasteiger partial charge < -0.3 is 5.11 Å². The van der Waals surface area contributed by atoms with Crippen LogP contribution >= 0.6 is 0 Å². The fraction of sp³-hybridized carbons (Fsp3) is 0.571. The average Bonchev–Trinajstić information content (AvgIpc) is 2.27. The van der Waals surface area contributed by atoms with Crippen LogP contribution in [0.4, 0.5) is 0 Å². The second-order valence-electron chi connectivity index (χ2n) is 5.05. The van der Waals surface area contributed by atoms with E-state index >= 15 is 0 Å². The van der Waals surface area contributed by atoms with Crippen LogP contribution in [0.15, 0.2) is 24.3 Å². The Labute approximate surface area is 98.9 Å². The molecule has 0 aliphatic heterocycles. The van der Waals surface area contributed by atoms with E-state index in [0.29, 0.717) is 11.8 Å². The summed E-state index contributed by atoms with van der Waals surface area (Å²) in [6.07, 6.45) is 1.10. The van der Waals surface area contributed by atoms with E-state index in [0.717, 1.165) is 12.0 Å². The Bertz CT molecular complexity index is 346. The van der Waals surface area contributed by atoms with Gasteiger partial charge in [0.25, 0.3) is 0 Å². The molecule has 1 aromatic rings. The summed E-state index contributed by atoms with van der Waals surface area (Å²) in [7, 11) is 2.14. The second kappa shape index (κ2) is 4.88. The van der Waals surface area contributed by atoms with E-state index in [1.54, 1.807) is 6.07 Å². The molecular weight excluding hydrogens is 198 g/mol. The molecule has 0 heterocycles. The van der Waals surface area contributed by atoms with Gasteiger partial charge >= 0.3 is 0 Å². The van der Waals surface area contributed by atoms with Gasteiger partial charge in [0.05, 0.1) is 0 Å². The molecule has 0 bridgehead atoms. The van der Waals surface area contributed by atoms with Crippen molar-refractivity contribution in [1.82, 2.24) is 4.90 Å². The molecule has 2 nitrogen and oxygen atoms in total. The van der Waals surface area contributed by atoms with Crippen molar-refractivity contribution in [3.05, 3.63) is 29.8 Å². The van der Waals surface area contributed by atoms with Crippen LogP contribution in [0.25, 0.3) is 0 Å². The van der Waals surface area contributed by atoms with Crippen molar-refractivity contribution >= 4 is 0 Å². The Morgan fingerprint density at radius 2 is 2.00 bits per heavy atom. The SMILES string of the molecule is CCC(C)(C)N(C)C(C)c1cccc(O)c1. The molecule has 1 N–H and O–H groups in total. The van der Waals surface area contributed by atoms with Gasteiger partial charge in [0.15, 0.2) is 0 Å². The maximum atomic E-state index is 9.49. The van der Waals surface area contributed by atoms with Gasteiger partial charge in [0, 0.05) is 11.6 Å². The van der Waals surface area contributed by atoms with E-state index in [-0.39, 0.29) is 5.54 Å². The molecule has 0 aliphatic carbocycles. The second-order valence-corrected chi connectivity index (χ2v) is 5.05. The Morgan fingerprint density at radius 3 is 2.50 bits per heavy atom. The molecule has 90 valence electrons. The van der Waals surface area contributed by atoms with Gasteiger partial charge in [0.1, 0.15) is 5.75 Å². The number of benzene rings is 1. The molecular formula is C14H23NO. The van der Waals surface area contributed by atoms with Gasteiger partial charge in [-0.1, -0.05) is 19.1 Å². The number of aromatic hydroxyl groups is 1. The minimum atomic E-state index is 0.172. The molecule has 0 saturated carbocycles. The highest BCUT2D eigenvalue weighted by Gasteiger charge is 2.26. The predicted molar refractivity (Wildman–Crippen MR) is 68.7 cm³/mol.